The van der Waals surface area contributed by atoms with E-state index in [0.717, 1.165) is 5.56 Å². The summed E-state index contributed by atoms with van der Waals surface area (Å²) >= 11 is 1.35. The Hall–Kier alpha value is -2.96. The van der Waals surface area contributed by atoms with Gasteiger partial charge in [-0.15, -0.1) is 11.8 Å². The van der Waals surface area contributed by atoms with E-state index < -0.39 is 78.4 Å². The smallest absolute Gasteiger partial charge is 0.787 e. The van der Waals surface area contributed by atoms with Crippen molar-refractivity contribution in [1.82, 2.24) is 20.6 Å². The van der Waals surface area contributed by atoms with Crippen LogP contribution in [0.1, 0.15) is 31.0 Å². The molecule has 20 heteroatoms. The number of rotatable bonds is 11. The largest absolute Gasteiger partial charge is 1.00 e. The average Bonchev–Trinajstić information content (AvgIpc) is 3.25. The number of amides is 3. The second kappa shape index (κ2) is 18.0. The molecule has 0 spiro atoms. The van der Waals surface area contributed by atoms with E-state index in [1.54, 1.807) is 49.3 Å². The number of aromatic hydroxyl groups is 1. The minimum Gasteiger partial charge on any atom is -0.787 e. The SMILES string of the molecule is CC1(C)S[C@@H]2[C@H](NC(=O)C(N)c3ccc(O)cc3)C(=O)N2[C@H]1C(=O)O.O=C([O-])CNP(=O)([O-])CNC(=O)OCc1ccccc1.[Li+].[Li+]. The number of hydrogen-bond donors (Lipinski definition) is 6. The third kappa shape index (κ3) is 11.6. The maximum Gasteiger partial charge on any atom is 1.00 e. The first-order valence-electron chi connectivity index (χ1n) is 13.3. The van der Waals surface area contributed by atoms with Crippen LogP contribution in [0.5, 0.6) is 5.75 Å². The van der Waals surface area contributed by atoms with Gasteiger partial charge in [0.2, 0.25) is 11.8 Å². The summed E-state index contributed by atoms with van der Waals surface area (Å²) in [4.78, 5) is 70.1. The fourth-order valence-electron chi connectivity index (χ4n) is 4.41. The predicted octanol–water partition coefficient (Wildman–Crippen LogP) is -7.21. The van der Waals surface area contributed by atoms with Gasteiger partial charge >= 0.3 is 49.8 Å². The Labute approximate surface area is 298 Å². The summed E-state index contributed by atoms with van der Waals surface area (Å²) in [6, 6.07) is 12.0. The molecule has 3 amide bonds. The Morgan fingerprint density at radius 1 is 1.11 bits per heavy atom. The normalized spacial score (nSPS) is 20.6. The first-order chi connectivity index (χ1) is 21.0. The van der Waals surface area contributed by atoms with E-state index in [-0.39, 0.29) is 50.1 Å². The molecule has 0 saturated carbocycles. The molecule has 2 aliphatic heterocycles. The first kappa shape index (κ1) is 42.1. The number of fused-ring (bicyclic) bond motifs is 1. The molecular formula is C27H32Li2N5O11PS. The molecule has 0 bridgehead atoms. The summed E-state index contributed by atoms with van der Waals surface area (Å²) in [7, 11) is -4.23. The quantitative estimate of drug-likeness (QED) is 0.0733. The van der Waals surface area contributed by atoms with Crippen LogP contribution < -0.4 is 69.2 Å². The fraction of sp³-hybridized carbons (Fsp3) is 0.370. The second-order valence-corrected chi connectivity index (χ2v) is 14.2. The number of nitrogens with one attached hydrogen (secondary N) is 3. The van der Waals surface area contributed by atoms with E-state index in [4.69, 9.17) is 10.5 Å². The van der Waals surface area contributed by atoms with E-state index in [1.807, 2.05) is 5.32 Å². The number of aliphatic carboxylic acids is 2. The van der Waals surface area contributed by atoms with E-state index in [0.29, 0.717) is 5.56 Å². The molecule has 244 valence electrons. The van der Waals surface area contributed by atoms with E-state index in [1.165, 1.54) is 40.9 Å². The topological polar surface area (TPSA) is 264 Å². The van der Waals surface area contributed by atoms with Crippen molar-refractivity contribution in [3.63, 3.8) is 0 Å². The number of nitrogens with zero attached hydrogens (tertiary/aromatic N) is 1. The maximum atomic E-state index is 12.3. The molecule has 0 aromatic heterocycles. The zero-order valence-electron chi connectivity index (χ0n) is 26.1. The first-order valence-corrected chi connectivity index (χ1v) is 16.0. The van der Waals surface area contributed by atoms with Gasteiger partial charge < -0.3 is 55.6 Å². The molecule has 2 saturated heterocycles. The number of phenolic OH excluding ortho intramolecular Hbond substituents is 1. The molecule has 47 heavy (non-hydrogen) atoms. The van der Waals surface area contributed by atoms with Crippen LogP contribution in [-0.4, -0.2) is 80.0 Å². The van der Waals surface area contributed by atoms with Gasteiger partial charge in [-0.3, -0.25) is 14.7 Å². The number of carbonyl (C=O) groups is 5. The molecule has 2 aromatic carbocycles. The van der Waals surface area contributed by atoms with Crippen LogP contribution in [0, 0.1) is 0 Å². The molecule has 0 radical (unpaired) electrons. The zero-order valence-corrected chi connectivity index (χ0v) is 27.8. The van der Waals surface area contributed by atoms with Gasteiger partial charge in [0.05, 0.1) is 19.8 Å². The van der Waals surface area contributed by atoms with Gasteiger partial charge in [-0.25, -0.2) is 9.59 Å². The van der Waals surface area contributed by atoms with Gasteiger partial charge in [-0.2, -0.15) is 0 Å². The summed E-state index contributed by atoms with van der Waals surface area (Å²) in [5.74, 6) is -3.50. The number of ether oxygens (including phenoxy) is 1. The zero-order chi connectivity index (χ0) is 33.5. The Kier molecular flexibility index (Phi) is 16.1. The monoisotopic (exact) mass is 679 g/mol. The van der Waals surface area contributed by atoms with E-state index in [9.17, 15) is 48.8 Å². The molecule has 2 heterocycles. The number of phenols is 1. The number of thioether (sulfide) groups is 1. The molecule has 5 atom stereocenters. The summed E-state index contributed by atoms with van der Waals surface area (Å²) < 4.78 is 15.4. The Bertz CT molecular complexity index is 1470. The van der Waals surface area contributed by atoms with Gasteiger partial charge in [0.25, 0.3) is 0 Å². The molecule has 2 fully saturated rings. The molecule has 16 nitrogen and oxygen atoms in total. The van der Waals surface area contributed by atoms with Crippen LogP contribution in [0.25, 0.3) is 0 Å². The number of benzene rings is 2. The Balaban J connectivity index is 0.000000462. The number of hydrogen-bond acceptors (Lipinski definition) is 12. The van der Waals surface area contributed by atoms with Crippen LogP contribution >= 0.6 is 19.3 Å². The third-order valence-electron chi connectivity index (χ3n) is 6.62. The minimum atomic E-state index is -4.23. The van der Waals surface area contributed by atoms with E-state index in [2.05, 4.69) is 5.32 Å². The van der Waals surface area contributed by atoms with Gasteiger partial charge in [0.1, 0.15) is 35.9 Å². The molecule has 0 aliphatic carbocycles. The standard InChI is InChI=1S/C16H19N3O5S.C11H15N2O6P.2Li/c1-16(2)11(15(23)24)19-13(22)10(14(19)25-16)18-12(21)9(17)7-3-5-8(20)6-4-7;14-10(15)6-13-20(17,18)8-12-11(16)19-7-9-4-2-1-3-5-9;;/h3-6,9-11,14,20H,17H2,1-2H3,(H,18,21)(H,23,24);1-5H,6-8H2,(H,12,16)(H,14,15)(H2,13,17,18);;/q;;2*+1/p-2/t9?,10-,11+,14-;;;/m1.../s1. The number of β-lactam (4-membered cyclic amide) rings is 1. The van der Waals surface area contributed by atoms with E-state index >= 15 is 0 Å². The summed E-state index contributed by atoms with van der Waals surface area (Å²) in [5, 5.41) is 34.7. The van der Waals surface area contributed by atoms with Crippen LogP contribution in [-0.2, 0) is 35.1 Å². The van der Waals surface area contributed by atoms with Gasteiger partial charge in [-0.1, -0.05) is 42.5 Å². The molecule has 2 unspecified atom stereocenters. The van der Waals surface area contributed by atoms with Crippen molar-refractivity contribution in [2.75, 3.05) is 12.8 Å². The van der Waals surface area contributed by atoms with Crippen LogP contribution in [0.15, 0.2) is 54.6 Å². The molecule has 2 aromatic rings. The van der Waals surface area contributed by atoms with Crippen molar-refractivity contribution in [2.45, 2.75) is 48.7 Å². The molecule has 2 aliphatic rings. The van der Waals surface area contributed by atoms with Gasteiger partial charge in [0, 0.05) is 11.3 Å². The Morgan fingerprint density at radius 2 is 1.70 bits per heavy atom. The van der Waals surface area contributed by atoms with Crippen molar-refractivity contribution in [1.29, 1.82) is 0 Å². The van der Waals surface area contributed by atoms with Gasteiger partial charge in [-0.05, 0) is 37.1 Å². The molecular weight excluding hydrogens is 647 g/mol. The Morgan fingerprint density at radius 3 is 2.26 bits per heavy atom. The summed E-state index contributed by atoms with van der Waals surface area (Å²) in [6.45, 7) is 2.69. The summed E-state index contributed by atoms with van der Waals surface area (Å²) in [6.07, 6.45) is -1.67. The molecule has 7 N–H and O–H groups in total. The molecule has 4 rings (SSSR count). The number of carboxylic acid groups (broad SMARTS) is 2. The van der Waals surface area contributed by atoms with Crippen LogP contribution in [0.2, 0.25) is 0 Å². The van der Waals surface area contributed by atoms with Crippen molar-refractivity contribution < 1.29 is 91.2 Å². The fourth-order valence-corrected chi connectivity index (χ4v) is 6.85. The average molecular weight is 680 g/mol. The van der Waals surface area contributed by atoms with Crippen LogP contribution in [0.4, 0.5) is 4.79 Å². The number of alkyl carbamates (subject to hydrolysis) is 1. The van der Waals surface area contributed by atoms with Gasteiger partial charge in [0.15, 0.2) is 0 Å². The minimum absolute atomic E-state index is 0. The van der Waals surface area contributed by atoms with Crippen molar-refractivity contribution in [3.8, 4) is 5.75 Å². The third-order valence-corrected chi connectivity index (χ3v) is 9.40. The predicted molar refractivity (Wildman–Crippen MR) is 156 cm³/mol. The number of nitrogens with two attached hydrogens (primary N) is 1. The van der Waals surface area contributed by atoms with Crippen molar-refractivity contribution >= 4 is 49.1 Å². The second-order valence-electron chi connectivity index (χ2n) is 10.4. The maximum absolute atomic E-state index is 12.3. The number of carbonyl (C=O) groups excluding carboxylic acids is 4. The van der Waals surface area contributed by atoms with Crippen LogP contribution in [0.3, 0.4) is 0 Å². The number of carboxylic acids is 2. The van der Waals surface area contributed by atoms with Crippen molar-refractivity contribution in [2.24, 2.45) is 5.73 Å². The van der Waals surface area contributed by atoms with Crippen molar-refractivity contribution in [3.05, 3.63) is 65.7 Å². The summed E-state index contributed by atoms with van der Waals surface area (Å²) in [5.41, 5.74) is 7.16.